The van der Waals surface area contributed by atoms with Crippen LogP contribution in [0.15, 0.2) is 53.6 Å². The first kappa shape index (κ1) is 29.7. The van der Waals surface area contributed by atoms with Gasteiger partial charge in [-0.25, -0.2) is 11.0 Å². The molecule has 5 N–H and O–H groups in total. The van der Waals surface area contributed by atoms with Crippen molar-refractivity contribution in [2.45, 2.75) is 57.9 Å². The number of amidine groups is 1. The first-order valence-corrected chi connectivity index (χ1v) is 14.6. The van der Waals surface area contributed by atoms with Crippen LogP contribution < -0.4 is 21.8 Å². The zero-order valence-electron chi connectivity index (χ0n) is 24.8. The van der Waals surface area contributed by atoms with E-state index in [1.54, 1.807) is 7.05 Å². The van der Waals surface area contributed by atoms with Gasteiger partial charge >= 0.3 is 0 Å². The lowest BCUT2D eigenvalue weighted by Crippen LogP contribution is -2.47. The summed E-state index contributed by atoms with van der Waals surface area (Å²) in [5.41, 5.74) is 10.7. The molecule has 0 aromatic heterocycles. The smallest absolute Gasteiger partial charge is 0.222 e. The number of hydrazone groups is 1. The monoisotopic (exact) mass is 548 g/mol. The molecule has 40 heavy (non-hydrogen) atoms. The molecular weight excluding hydrogens is 500 g/mol. The van der Waals surface area contributed by atoms with Crippen molar-refractivity contribution in [2.75, 3.05) is 63.1 Å². The van der Waals surface area contributed by atoms with Crippen molar-refractivity contribution in [1.82, 2.24) is 14.9 Å². The third kappa shape index (κ3) is 8.35. The molecule has 0 atom stereocenters. The van der Waals surface area contributed by atoms with Gasteiger partial charge in [0.1, 0.15) is 0 Å². The van der Waals surface area contributed by atoms with Crippen molar-refractivity contribution in [1.29, 1.82) is 0 Å². The molecule has 2 aliphatic rings. The molecule has 2 fully saturated rings. The van der Waals surface area contributed by atoms with Crippen molar-refractivity contribution in [3.05, 3.63) is 59.7 Å². The molecule has 1 amide bonds. The van der Waals surface area contributed by atoms with Crippen LogP contribution in [0, 0.1) is 0 Å². The second kappa shape index (κ2) is 13.4. The van der Waals surface area contributed by atoms with Crippen LogP contribution in [0.25, 0.3) is 0 Å². The SMILES string of the molecule is CN(N)/N=C(\N)c1ccc(NC2CCN(C(=O)CCCN3CCN(c4ccc(C(C)(C)C)cc4)CC3)CC2)cc1. The van der Waals surface area contributed by atoms with E-state index in [9.17, 15) is 4.79 Å². The van der Waals surface area contributed by atoms with Crippen molar-refractivity contribution in [3.63, 3.8) is 0 Å². The molecule has 2 saturated heterocycles. The summed E-state index contributed by atoms with van der Waals surface area (Å²) in [7, 11) is 1.63. The highest BCUT2D eigenvalue weighted by molar-refractivity contribution is 5.97. The van der Waals surface area contributed by atoms with Crippen LogP contribution in [-0.4, -0.2) is 85.6 Å². The molecule has 2 aromatic rings. The lowest BCUT2D eigenvalue weighted by Gasteiger charge is -2.36. The number of benzene rings is 2. The number of piperidine rings is 1. The zero-order chi connectivity index (χ0) is 28.7. The fourth-order valence-electron chi connectivity index (χ4n) is 5.49. The van der Waals surface area contributed by atoms with Crippen LogP contribution >= 0.6 is 0 Å². The summed E-state index contributed by atoms with van der Waals surface area (Å²) in [6.45, 7) is 13.6. The largest absolute Gasteiger partial charge is 0.382 e. The number of anilines is 2. The molecule has 0 radical (unpaired) electrons. The number of piperazine rings is 1. The van der Waals surface area contributed by atoms with E-state index in [1.807, 2.05) is 29.2 Å². The molecule has 0 spiro atoms. The highest BCUT2D eigenvalue weighted by Gasteiger charge is 2.23. The maximum absolute atomic E-state index is 12.9. The minimum Gasteiger partial charge on any atom is -0.382 e. The van der Waals surface area contributed by atoms with Gasteiger partial charge in [-0.15, -0.1) is 5.10 Å². The number of nitrogens with two attached hydrogens (primary N) is 2. The Kier molecular flexibility index (Phi) is 9.92. The molecule has 2 aliphatic heterocycles. The third-order valence-corrected chi connectivity index (χ3v) is 8.00. The van der Waals surface area contributed by atoms with E-state index in [1.165, 1.54) is 16.4 Å². The standard InChI is InChI=1S/C31H48N8O/c1-31(2,3)25-9-13-28(14-10-25)38-22-20-37(21-23-38)17-5-6-29(40)39-18-15-27(16-19-39)34-26-11-7-24(8-12-26)30(32)35-36(4)33/h7-14,27,34H,5-6,15-23,33H2,1-4H3,(H2,32,35). The van der Waals surface area contributed by atoms with Crippen LogP contribution in [0.4, 0.5) is 11.4 Å². The van der Waals surface area contributed by atoms with E-state index in [-0.39, 0.29) is 5.41 Å². The number of likely N-dealkylation sites (tertiary alicyclic amines) is 1. The Balaban J connectivity index is 1.12. The number of hydrazine groups is 1. The minimum absolute atomic E-state index is 0.184. The number of nitrogens with zero attached hydrogens (tertiary/aromatic N) is 5. The van der Waals surface area contributed by atoms with E-state index in [0.29, 0.717) is 24.2 Å². The fraction of sp³-hybridized carbons (Fsp3) is 0.548. The fourth-order valence-corrected chi connectivity index (χ4v) is 5.49. The maximum Gasteiger partial charge on any atom is 0.222 e. The summed E-state index contributed by atoms with van der Waals surface area (Å²) >= 11 is 0. The second-order valence-electron chi connectivity index (χ2n) is 12.2. The molecule has 0 unspecified atom stereocenters. The number of rotatable bonds is 9. The Bertz CT molecular complexity index is 1110. The molecule has 0 saturated carbocycles. The molecular formula is C31H48N8O. The van der Waals surface area contributed by atoms with Crippen LogP contribution in [-0.2, 0) is 10.2 Å². The Morgan fingerprint density at radius 3 is 2.17 bits per heavy atom. The van der Waals surface area contributed by atoms with Crippen molar-refractivity contribution >= 4 is 23.1 Å². The van der Waals surface area contributed by atoms with Gasteiger partial charge in [0.25, 0.3) is 0 Å². The normalized spacial score (nSPS) is 17.7. The molecule has 0 bridgehead atoms. The van der Waals surface area contributed by atoms with Gasteiger partial charge in [-0.05, 0) is 73.2 Å². The number of carbonyl (C=O) groups excluding carboxylic acids is 1. The average molecular weight is 549 g/mol. The molecule has 9 nitrogen and oxygen atoms in total. The lowest BCUT2D eigenvalue weighted by molar-refractivity contribution is -0.132. The van der Waals surface area contributed by atoms with Gasteiger partial charge in [0.2, 0.25) is 5.91 Å². The molecule has 218 valence electrons. The Morgan fingerprint density at radius 2 is 1.60 bits per heavy atom. The van der Waals surface area contributed by atoms with Crippen LogP contribution in [0.5, 0.6) is 0 Å². The quantitative estimate of drug-likeness (QED) is 0.191. The number of amides is 1. The highest BCUT2D eigenvalue weighted by Crippen LogP contribution is 2.25. The highest BCUT2D eigenvalue weighted by atomic mass is 16.2. The van der Waals surface area contributed by atoms with E-state index >= 15 is 0 Å². The first-order valence-electron chi connectivity index (χ1n) is 14.6. The predicted octanol–water partition coefficient (Wildman–Crippen LogP) is 3.42. The van der Waals surface area contributed by atoms with Gasteiger partial charge in [-0.1, -0.05) is 32.9 Å². The van der Waals surface area contributed by atoms with E-state index < -0.39 is 0 Å². The van der Waals surface area contributed by atoms with Gasteiger partial charge < -0.3 is 20.9 Å². The van der Waals surface area contributed by atoms with Crippen LogP contribution in [0.3, 0.4) is 0 Å². The van der Waals surface area contributed by atoms with E-state index in [0.717, 1.165) is 76.3 Å². The Morgan fingerprint density at radius 1 is 0.975 bits per heavy atom. The summed E-state index contributed by atoms with van der Waals surface area (Å²) in [4.78, 5) is 19.9. The average Bonchev–Trinajstić information content (AvgIpc) is 2.93. The van der Waals surface area contributed by atoms with Crippen LogP contribution in [0.2, 0.25) is 0 Å². The molecule has 4 rings (SSSR count). The van der Waals surface area contributed by atoms with Crippen LogP contribution in [0.1, 0.15) is 57.6 Å². The summed E-state index contributed by atoms with van der Waals surface area (Å²) < 4.78 is 0. The number of hydrogen-bond donors (Lipinski definition) is 3. The van der Waals surface area contributed by atoms with Crippen molar-refractivity contribution in [2.24, 2.45) is 16.7 Å². The number of nitrogens with one attached hydrogen (secondary N) is 1. The Labute approximate surface area is 240 Å². The van der Waals surface area contributed by atoms with Gasteiger partial charge in [0.05, 0.1) is 0 Å². The van der Waals surface area contributed by atoms with E-state index in [2.05, 4.69) is 65.3 Å². The summed E-state index contributed by atoms with van der Waals surface area (Å²) in [6.07, 6.45) is 3.46. The molecule has 9 heteroatoms. The first-order chi connectivity index (χ1) is 19.1. The molecule has 2 aromatic carbocycles. The summed E-state index contributed by atoms with van der Waals surface area (Å²) in [6, 6.07) is 17.3. The molecule has 0 aliphatic carbocycles. The minimum atomic E-state index is 0.184. The summed E-state index contributed by atoms with van der Waals surface area (Å²) in [5, 5.41) is 8.82. The third-order valence-electron chi connectivity index (χ3n) is 8.00. The van der Waals surface area contributed by atoms with Gasteiger partial charge in [0, 0.05) is 75.7 Å². The van der Waals surface area contributed by atoms with E-state index in [4.69, 9.17) is 11.6 Å². The van der Waals surface area contributed by atoms with Gasteiger partial charge in [-0.2, -0.15) is 0 Å². The topological polar surface area (TPSA) is 106 Å². The Hall–Kier alpha value is -3.30. The predicted molar refractivity (Wildman–Crippen MR) is 165 cm³/mol. The van der Waals surface area contributed by atoms with Crippen molar-refractivity contribution in [3.8, 4) is 0 Å². The summed E-state index contributed by atoms with van der Waals surface area (Å²) in [5.74, 6) is 6.21. The molecule has 2 heterocycles. The van der Waals surface area contributed by atoms with Crippen molar-refractivity contribution < 1.29 is 4.79 Å². The maximum atomic E-state index is 12.9. The second-order valence-corrected chi connectivity index (χ2v) is 12.2. The lowest BCUT2D eigenvalue weighted by atomic mass is 9.87. The van der Waals surface area contributed by atoms with Gasteiger partial charge in [0.15, 0.2) is 5.84 Å². The number of hydrogen-bond acceptors (Lipinski definition) is 7. The number of carbonyl (C=O) groups is 1. The zero-order valence-corrected chi connectivity index (χ0v) is 24.8. The van der Waals surface area contributed by atoms with Gasteiger partial charge in [-0.3, -0.25) is 9.69 Å².